The van der Waals surface area contributed by atoms with Gasteiger partial charge in [-0.15, -0.1) is 0 Å². The molecule has 1 aliphatic carbocycles. The number of nitrogens with zero attached hydrogens (tertiary/aromatic N) is 1. The van der Waals surface area contributed by atoms with Crippen molar-refractivity contribution < 1.29 is 18.4 Å². The maximum absolute atomic E-state index is 13.8. The summed E-state index contributed by atoms with van der Waals surface area (Å²) in [4.78, 5) is 10.1. The highest BCUT2D eigenvalue weighted by atomic mass is 19.1. The summed E-state index contributed by atoms with van der Waals surface area (Å²) >= 11 is 0. The molecular weight excluding hydrogens is 270 g/mol. The van der Waals surface area contributed by atoms with Crippen molar-refractivity contribution in [2.24, 2.45) is 0 Å². The lowest BCUT2D eigenvalue weighted by atomic mass is 9.92. The molecule has 1 aromatic carbocycles. The predicted molar refractivity (Wildman–Crippen MR) is 69.7 cm³/mol. The zero-order valence-corrected chi connectivity index (χ0v) is 11.1. The molecule has 2 rings (SSSR count). The SMILES string of the molecule is COC1CCCCC1Nc1c(F)cc(F)cc1[N+](=O)[O-]. The molecule has 2 unspecified atom stereocenters. The standard InChI is InChI=1S/C13H16F2N2O3/c1-20-12-5-3-2-4-10(12)16-13-9(15)6-8(14)7-11(13)17(18)19/h6-7,10,12,16H,2-5H2,1H3. The number of nitro groups is 1. The number of hydrogen-bond donors (Lipinski definition) is 1. The summed E-state index contributed by atoms with van der Waals surface area (Å²) in [5.74, 6) is -1.93. The van der Waals surface area contributed by atoms with Crippen LogP contribution in [-0.2, 0) is 4.74 Å². The van der Waals surface area contributed by atoms with Gasteiger partial charge < -0.3 is 10.1 Å². The van der Waals surface area contributed by atoms with Crippen LogP contribution in [0, 0.1) is 21.7 Å². The fourth-order valence-electron chi connectivity index (χ4n) is 2.58. The van der Waals surface area contributed by atoms with Crippen molar-refractivity contribution in [3.8, 4) is 0 Å². The van der Waals surface area contributed by atoms with Crippen LogP contribution in [0.4, 0.5) is 20.2 Å². The van der Waals surface area contributed by atoms with Gasteiger partial charge in [-0.1, -0.05) is 12.8 Å². The first kappa shape index (κ1) is 14.6. The molecule has 20 heavy (non-hydrogen) atoms. The van der Waals surface area contributed by atoms with Crippen LogP contribution in [0.2, 0.25) is 0 Å². The molecule has 0 amide bonds. The van der Waals surface area contributed by atoms with Gasteiger partial charge in [0.2, 0.25) is 0 Å². The summed E-state index contributed by atoms with van der Waals surface area (Å²) in [5, 5.41) is 13.7. The first-order chi connectivity index (χ1) is 9.52. The Hall–Kier alpha value is -1.76. The zero-order valence-electron chi connectivity index (χ0n) is 11.1. The second-order valence-corrected chi connectivity index (χ2v) is 4.85. The van der Waals surface area contributed by atoms with Gasteiger partial charge in [-0.05, 0) is 12.8 Å². The van der Waals surface area contributed by atoms with Gasteiger partial charge in [0.05, 0.1) is 23.1 Å². The lowest BCUT2D eigenvalue weighted by Gasteiger charge is -2.31. The number of ether oxygens (including phenoxy) is 1. The Bertz CT molecular complexity index is 511. The fraction of sp³-hybridized carbons (Fsp3) is 0.538. The molecule has 1 fully saturated rings. The first-order valence-corrected chi connectivity index (χ1v) is 6.45. The summed E-state index contributed by atoms with van der Waals surface area (Å²) in [6, 6.07) is 1.14. The second kappa shape index (κ2) is 6.13. The number of hydrogen-bond acceptors (Lipinski definition) is 4. The molecule has 110 valence electrons. The third kappa shape index (κ3) is 3.04. The summed E-state index contributed by atoms with van der Waals surface area (Å²) < 4.78 is 32.2. The number of methoxy groups -OCH3 is 1. The minimum atomic E-state index is -0.966. The molecule has 0 aromatic heterocycles. The molecule has 0 bridgehead atoms. The van der Waals surface area contributed by atoms with Crippen molar-refractivity contribution in [2.75, 3.05) is 12.4 Å². The van der Waals surface area contributed by atoms with Crippen molar-refractivity contribution in [1.82, 2.24) is 0 Å². The molecule has 1 aliphatic rings. The molecule has 1 saturated carbocycles. The number of rotatable bonds is 4. The Morgan fingerprint density at radius 3 is 2.70 bits per heavy atom. The molecule has 0 heterocycles. The maximum atomic E-state index is 13.8. The highest BCUT2D eigenvalue weighted by Crippen LogP contribution is 2.32. The van der Waals surface area contributed by atoms with Crippen LogP contribution in [0.3, 0.4) is 0 Å². The Morgan fingerprint density at radius 2 is 2.05 bits per heavy atom. The van der Waals surface area contributed by atoms with E-state index in [1.165, 1.54) is 0 Å². The van der Waals surface area contributed by atoms with Crippen LogP contribution >= 0.6 is 0 Å². The first-order valence-electron chi connectivity index (χ1n) is 6.45. The van der Waals surface area contributed by atoms with Gasteiger partial charge in [-0.3, -0.25) is 10.1 Å². The molecule has 0 spiro atoms. The smallest absolute Gasteiger partial charge is 0.298 e. The Labute approximate surface area is 115 Å². The number of nitro benzene ring substituents is 1. The third-order valence-electron chi connectivity index (χ3n) is 3.57. The van der Waals surface area contributed by atoms with Crippen LogP contribution in [0.15, 0.2) is 12.1 Å². The van der Waals surface area contributed by atoms with E-state index in [-0.39, 0.29) is 17.8 Å². The summed E-state index contributed by atoms with van der Waals surface area (Å²) in [6.45, 7) is 0. The number of anilines is 1. The Morgan fingerprint density at radius 1 is 1.35 bits per heavy atom. The summed E-state index contributed by atoms with van der Waals surface area (Å²) in [7, 11) is 1.56. The number of halogens is 2. The molecule has 1 aromatic rings. The average Bonchev–Trinajstić information content (AvgIpc) is 2.41. The third-order valence-corrected chi connectivity index (χ3v) is 3.57. The lowest BCUT2D eigenvalue weighted by Crippen LogP contribution is -2.38. The van der Waals surface area contributed by atoms with Crippen LogP contribution in [-0.4, -0.2) is 24.2 Å². The van der Waals surface area contributed by atoms with E-state index in [2.05, 4.69) is 5.32 Å². The van der Waals surface area contributed by atoms with Gasteiger partial charge in [0.1, 0.15) is 11.5 Å². The molecule has 0 radical (unpaired) electrons. The minimum Gasteiger partial charge on any atom is -0.379 e. The van der Waals surface area contributed by atoms with E-state index in [1.54, 1.807) is 7.11 Å². The number of benzene rings is 1. The van der Waals surface area contributed by atoms with Crippen molar-refractivity contribution in [3.63, 3.8) is 0 Å². The summed E-state index contributed by atoms with van der Waals surface area (Å²) in [6.07, 6.45) is 3.35. The van der Waals surface area contributed by atoms with E-state index in [0.717, 1.165) is 31.7 Å². The van der Waals surface area contributed by atoms with E-state index >= 15 is 0 Å². The van der Waals surface area contributed by atoms with Crippen LogP contribution in [0.1, 0.15) is 25.7 Å². The monoisotopic (exact) mass is 286 g/mol. The minimum absolute atomic E-state index is 0.132. The van der Waals surface area contributed by atoms with Gasteiger partial charge in [0.15, 0.2) is 5.82 Å². The Balaban J connectivity index is 2.30. The van der Waals surface area contributed by atoms with Crippen LogP contribution in [0.25, 0.3) is 0 Å². The van der Waals surface area contributed by atoms with Crippen molar-refractivity contribution in [3.05, 3.63) is 33.9 Å². The van der Waals surface area contributed by atoms with E-state index < -0.39 is 22.2 Å². The predicted octanol–water partition coefficient (Wildman–Crippen LogP) is 3.24. The zero-order chi connectivity index (χ0) is 14.7. The van der Waals surface area contributed by atoms with Crippen molar-refractivity contribution in [1.29, 1.82) is 0 Å². The second-order valence-electron chi connectivity index (χ2n) is 4.85. The van der Waals surface area contributed by atoms with Gasteiger partial charge in [-0.2, -0.15) is 0 Å². The molecule has 7 heteroatoms. The molecule has 5 nitrogen and oxygen atoms in total. The number of nitrogens with one attached hydrogen (secondary N) is 1. The summed E-state index contributed by atoms with van der Waals surface area (Å²) in [5.41, 5.74) is -0.867. The molecule has 0 aliphatic heterocycles. The fourth-order valence-corrected chi connectivity index (χ4v) is 2.58. The van der Waals surface area contributed by atoms with E-state index in [0.29, 0.717) is 6.07 Å². The highest BCUT2D eigenvalue weighted by molar-refractivity contribution is 5.63. The molecular formula is C13H16F2N2O3. The molecule has 0 saturated heterocycles. The van der Waals surface area contributed by atoms with Crippen molar-refractivity contribution in [2.45, 2.75) is 37.8 Å². The van der Waals surface area contributed by atoms with E-state index in [1.807, 2.05) is 0 Å². The molecule has 2 atom stereocenters. The van der Waals surface area contributed by atoms with Gasteiger partial charge in [0, 0.05) is 13.2 Å². The van der Waals surface area contributed by atoms with Gasteiger partial charge in [0.25, 0.3) is 5.69 Å². The van der Waals surface area contributed by atoms with Crippen LogP contribution in [0.5, 0.6) is 0 Å². The molecule has 1 N–H and O–H groups in total. The van der Waals surface area contributed by atoms with Crippen molar-refractivity contribution >= 4 is 11.4 Å². The van der Waals surface area contributed by atoms with Crippen LogP contribution < -0.4 is 5.32 Å². The van der Waals surface area contributed by atoms with Gasteiger partial charge >= 0.3 is 0 Å². The van der Waals surface area contributed by atoms with E-state index in [4.69, 9.17) is 4.74 Å². The quantitative estimate of drug-likeness (QED) is 0.681. The topological polar surface area (TPSA) is 64.4 Å². The normalized spacial score (nSPS) is 22.6. The Kier molecular flexibility index (Phi) is 4.49. The average molecular weight is 286 g/mol. The van der Waals surface area contributed by atoms with Gasteiger partial charge in [-0.25, -0.2) is 8.78 Å². The van der Waals surface area contributed by atoms with E-state index in [9.17, 15) is 18.9 Å². The highest BCUT2D eigenvalue weighted by Gasteiger charge is 2.29. The largest absolute Gasteiger partial charge is 0.379 e. The lowest BCUT2D eigenvalue weighted by molar-refractivity contribution is -0.384. The maximum Gasteiger partial charge on any atom is 0.298 e.